The maximum absolute atomic E-state index is 13.6. The van der Waals surface area contributed by atoms with E-state index in [0.29, 0.717) is 22.7 Å². The van der Waals surface area contributed by atoms with Gasteiger partial charge in [0.15, 0.2) is 0 Å². The number of nitrogens with zero attached hydrogens (tertiary/aromatic N) is 1. The number of hydrogen-bond acceptors (Lipinski definition) is 5. The van der Waals surface area contributed by atoms with Crippen LogP contribution in [0.2, 0.25) is 0 Å². The molecule has 0 spiro atoms. The van der Waals surface area contributed by atoms with Gasteiger partial charge in [0.2, 0.25) is 0 Å². The number of rotatable bonds is 6. The van der Waals surface area contributed by atoms with E-state index in [1.165, 1.54) is 4.90 Å². The van der Waals surface area contributed by atoms with Crippen molar-refractivity contribution in [2.45, 2.75) is 13.8 Å². The number of methoxy groups -OCH3 is 2. The van der Waals surface area contributed by atoms with E-state index in [1.807, 2.05) is 44.2 Å². The molecule has 0 aromatic heterocycles. The van der Waals surface area contributed by atoms with Crippen LogP contribution in [0.4, 0.5) is 11.4 Å². The molecule has 1 aliphatic rings. The molecule has 1 heterocycles. The highest BCUT2D eigenvalue weighted by atomic mass is 16.5. The highest BCUT2D eigenvalue weighted by Crippen LogP contribution is 2.38. The fourth-order valence-corrected chi connectivity index (χ4v) is 3.72. The zero-order valence-electron chi connectivity index (χ0n) is 18.4. The second-order valence-corrected chi connectivity index (χ2v) is 7.54. The molecule has 1 aliphatic heterocycles. The maximum atomic E-state index is 13.6. The molecule has 0 saturated heterocycles. The number of aryl methyl sites for hydroxylation is 2. The minimum atomic E-state index is -0.429. The van der Waals surface area contributed by atoms with Crippen molar-refractivity contribution in [3.05, 3.63) is 89.1 Å². The van der Waals surface area contributed by atoms with Gasteiger partial charge in [0.05, 0.1) is 25.5 Å². The molecule has 162 valence electrons. The fraction of sp³-hybridized carbons (Fsp3) is 0.154. The predicted molar refractivity (Wildman–Crippen MR) is 125 cm³/mol. The molecule has 2 amide bonds. The number of carbonyl (C=O) groups excluding carboxylic acids is 2. The fourth-order valence-electron chi connectivity index (χ4n) is 3.72. The number of benzene rings is 3. The van der Waals surface area contributed by atoms with Crippen LogP contribution in [-0.4, -0.2) is 26.0 Å². The van der Waals surface area contributed by atoms with Gasteiger partial charge in [-0.05, 0) is 61.4 Å². The van der Waals surface area contributed by atoms with Crippen LogP contribution in [0, 0.1) is 13.8 Å². The first kappa shape index (κ1) is 21.2. The lowest BCUT2D eigenvalue weighted by Gasteiger charge is -2.16. The van der Waals surface area contributed by atoms with Gasteiger partial charge in [-0.2, -0.15) is 0 Å². The Labute approximate surface area is 187 Å². The van der Waals surface area contributed by atoms with Gasteiger partial charge in [-0.15, -0.1) is 0 Å². The number of para-hydroxylation sites is 1. The lowest BCUT2D eigenvalue weighted by molar-refractivity contribution is -0.120. The van der Waals surface area contributed by atoms with Gasteiger partial charge in [0.25, 0.3) is 11.8 Å². The van der Waals surface area contributed by atoms with E-state index in [4.69, 9.17) is 9.47 Å². The lowest BCUT2D eigenvalue weighted by atomic mass is 10.0. The number of amides is 2. The van der Waals surface area contributed by atoms with Crippen LogP contribution in [0.3, 0.4) is 0 Å². The molecule has 4 rings (SSSR count). The summed E-state index contributed by atoms with van der Waals surface area (Å²) in [5.74, 6) is 0.305. The first-order valence-electron chi connectivity index (χ1n) is 10.2. The molecule has 3 aromatic carbocycles. The minimum absolute atomic E-state index is 0.212. The highest BCUT2D eigenvalue weighted by molar-refractivity contribution is 6.46. The van der Waals surface area contributed by atoms with Gasteiger partial charge in [-0.25, -0.2) is 4.90 Å². The molecule has 0 radical (unpaired) electrons. The van der Waals surface area contributed by atoms with Crippen LogP contribution in [0.5, 0.6) is 11.5 Å². The number of anilines is 2. The van der Waals surface area contributed by atoms with E-state index in [-0.39, 0.29) is 11.3 Å². The molecular weight excluding hydrogens is 404 g/mol. The van der Waals surface area contributed by atoms with E-state index in [9.17, 15) is 9.59 Å². The molecular formula is C26H24N2O4. The van der Waals surface area contributed by atoms with Crippen molar-refractivity contribution in [1.82, 2.24) is 0 Å². The summed E-state index contributed by atoms with van der Waals surface area (Å²) in [7, 11) is 3.11. The third-order valence-electron chi connectivity index (χ3n) is 5.44. The molecule has 3 aromatic rings. The first-order valence-corrected chi connectivity index (χ1v) is 10.2. The van der Waals surface area contributed by atoms with Gasteiger partial charge in [0.1, 0.15) is 17.2 Å². The molecule has 32 heavy (non-hydrogen) atoms. The topological polar surface area (TPSA) is 67.9 Å². The Balaban J connectivity index is 1.86. The number of imide groups is 1. The van der Waals surface area contributed by atoms with Crippen molar-refractivity contribution in [1.29, 1.82) is 0 Å². The second kappa shape index (κ2) is 8.59. The Hall–Kier alpha value is -4.06. The summed E-state index contributed by atoms with van der Waals surface area (Å²) in [5, 5.41) is 3.24. The predicted octanol–water partition coefficient (Wildman–Crippen LogP) is 4.72. The largest absolute Gasteiger partial charge is 0.497 e. The molecule has 1 N–H and O–H groups in total. The van der Waals surface area contributed by atoms with E-state index in [1.54, 1.807) is 50.6 Å². The van der Waals surface area contributed by atoms with Crippen molar-refractivity contribution >= 4 is 28.8 Å². The van der Waals surface area contributed by atoms with Crippen LogP contribution in [0.15, 0.2) is 72.4 Å². The van der Waals surface area contributed by atoms with Crippen molar-refractivity contribution < 1.29 is 19.1 Å². The molecule has 0 fully saturated rings. The van der Waals surface area contributed by atoms with E-state index in [2.05, 4.69) is 5.32 Å². The number of nitrogens with one attached hydrogen (secondary N) is 1. The van der Waals surface area contributed by atoms with Gasteiger partial charge < -0.3 is 14.8 Å². The van der Waals surface area contributed by atoms with E-state index < -0.39 is 11.8 Å². The third-order valence-corrected chi connectivity index (χ3v) is 5.44. The van der Waals surface area contributed by atoms with Crippen molar-refractivity contribution in [2.75, 3.05) is 24.4 Å². The Kier molecular flexibility index (Phi) is 5.69. The number of ether oxygens (including phenoxy) is 2. The Bertz CT molecular complexity index is 1230. The molecule has 0 aliphatic carbocycles. The third kappa shape index (κ3) is 3.71. The average Bonchev–Trinajstić information content (AvgIpc) is 3.05. The second-order valence-electron chi connectivity index (χ2n) is 7.54. The van der Waals surface area contributed by atoms with Crippen LogP contribution < -0.4 is 19.7 Å². The average molecular weight is 428 g/mol. The SMILES string of the molecule is COc1ccc(N2C(=O)C(Nc3cc(C)ccc3C)=C(c3ccccc3OC)C2=O)cc1. The van der Waals surface area contributed by atoms with Gasteiger partial charge in [-0.1, -0.05) is 30.3 Å². The molecule has 0 bridgehead atoms. The van der Waals surface area contributed by atoms with Crippen molar-refractivity contribution in [3.8, 4) is 11.5 Å². The zero-order valence-corrected chi connectivity index (χ0v) is 18.4. The van der Waals surface area contributed by atoms with Crippen molar-refractivity contribution in [2.24, 2.45) is 0 Å². The minimum Gasteiger partial charge on any atom is -0.497 e. The maximum Gasteiger partial charge on any atom is 0.282 e. The summed E-state index contributed by atoms with van der Waals surface area (Å²) < 4.78 is 10.7. The number of carbonyl (C=O) groups is 2. The quantitative estimate of drug-likeness (QED) is 0.576. The zero-order chi connectivity index (χ0) is 22.8. The summed E-state index contributed by atoms with van der Waals surface area (Å²) in [4.78, 5) is 28.4. The van der Waals surface area contributed by atoms with Crippen LogP contribution in [-0.2, 0) is 9.59 Å². The van der Waals surface area contributed by atoms with Crippen molar-refractivity contribution in [3.63, 3.8) is 0 Å². The molecule has 6 nitrogen and oxygen atoms in total. The first-order chi connectivity index (χ1) is 15.4. The monoisotopic (exact) mass is 428 g/mol. The molecule has 0 unspecified atom stereocenters. The number of hydrogen-bond donors (Lipinski definition) is 1. The van der Waals surface area contributed by atoms with Gasteiger partial charge >= 0.3 is 0 Å². The molecule has 0 atom stereocenters. The van der Waals surface area contributed by atoms with Gasteiger partial charge in [-0.3, -0.25) is 9.59 Å². The molecule has 0 saturated carbocycles. The van der Waals surface area contributed by atoms with Crippen LogP contribution >= 0.6 is 0 Å². The van der Waals surface area contributed by atoms with Crippen LogP contribution in [0.25, 0.3) is 5.57 Å². The standard InChI is InChI=1S/C26H24N2O4/c1-16-9-10-17(2)21(15-16)27-24-23(20-7-5-6-8-22(20)32-4)25(29)28(26(24)30)18-11-13-19(31-3)14-12-18/h5-15,27H,1-4H3. The smallest absolute Gasteiger partial charge is 0.282 e. The Morgan fingerprint density at radius 1 is 0.812 bits per heavy atom. The lowest BCUT2D eigenvalue weighted by Crippen LogP contribution is -2.32. The molecule has 6 heteroatoms. The van der Waals surface area contributed by atoms with E-state index in [0.717, 1.165) is 16.8 Å². The normalized spacial score (nSPS) is 13.6. The highest BCUT2D eigenvalue weighted by Gasteiger charge is 2.41. The summed E-state index contributed by atoms with van der Waals surface area (Å²) >= 11 is 0. The summed E-state index contributed by atoms with van der Waals surface area (Å²) in [6, 6.07) is 19.9. The Morgan fingerprint density at radius 3 is 2.22 bits per heavy atom. The van der Waals surface area contributed by atoms with Gasteiger partial charge in [0, 0.05) is 11.3 Å². The summed E-state index contributed by atoms with van der Waals surface area (Å²) in [5.41, 5.74) is 4.27. The summed E-state index contributed by atoms with van der Waals surface area (Å²) in [6.45, 7) is 3.93. The summed E-state index contributed by atoms with van der Waals surface area (Å²) in [6.07, 6.45) is 0. The Morgan fingerprint density at radius 2 is 1.53 bits per heavy atom. The van der Waals surface area contributed by atoms with E-state index >= 15 is 0 Å². The van der Waals surface area contributed by atoms with Crippen LogP contribution in [0.1, 0.15) is 16.7 Å².